The lowest BCUT2D eigenvalue weighted by Crippen LogP contribution is -2.47. The van der Waals surface area contributed by atoms with E-state index in [-0.39, 0.29) is 19.2 Å². The Bertz CT molecular complexity index is 431. The average Bonchev–Trinajstić information content (AvgIpc) is 2.39. The second-order valence-corrected chi connectivity index (χ2v) is 4.15. The van der Waals surface area contributed by atoms with Gasteiger partial charge < -0.3 is 9.64 Å². The third-order valence-electron chi connectivity index (χ3n) is 2.80. The Hall–Kier alpha value is -1.86. The van der Waals surface area contributed by atoms with Crippen LogP contribution < -0.4 is 4.74 Å². The molecule has 0 aromatic carbocycles. The number of hydrogen-bond acceptors (Lipinski definition) is 4. The first-order chi connectivity index (χ1) is 8.97. The van der Waals surface area contributed by atoms with Crippen molar-refractivity contribution in [1.29, 1.82) is 0 Å². The van der Waals surface area contributed by atoms with Gasteiger partial charge in [0.25, 0.3) is 0 Å². The van der Waals surface area contributed by atoms with Crippen LogP contribution in [-0.4, -0.2) is 46.1 Å². The number of carbonyl (C=O) groups excluding carboxylic acids is 1. The lowest BCUT2D eigenvalue weighted by atomic mass is 10.1. The highest BCUT2D eigenvalue weighted by Gasteiger charge is 2.43. The lowest BCUT2D eigenvalue weighted by Gasteiger charge is -2.32. The molecule has 104 valence electrons. The summed E-state index contributed by atoms with van der Waals surface area (Å²) in [7, 11) is 0. The molecular formula is C11H12F3N3O2. The van der Waals surface area contributed by atoms with Crippen molar-refractivity contribution < 1.29 is 22.7 Å². The van der Waals surface area contributed by atoms with E-state index in [0.29, 0.717) is 18.7 Å². The summed E-state index contributed by atoms with van der Waals surface area (Å²) in [5.41, 5.74) is 0. The molecule has 0 aliphatic carbocycles. The summed E-state index contributed by atoms with van der Waals surface area (Å²) in [6, 6.07) is 0. The van der Waals surface area contributed by atoms with Crippen LogP contribution in [0.25, 0.3) is 0 Å². The number of aromatic nitrogens is 2. The summed E-state index contributed by atoms with van der Waals surface area (Å²) < 4.78 is 42.2. The van der Waals surface area contributed by atoms with E-state index in [1.165, 1.54) is 18.6 Å². The van der Waals surface area contributed by atoms with Crippen LogP contribution in [0.2, 0.25) is 0 Å². The SMILES string of the molecule is O=C(N1CCC(Oc2cnccn2)CC1)C(F)(F)F. The summed E-state index contributed by atoms with van der Waals surface area (Å²) in [4.78, 5) is 19.6. The van der Waals surface area contributed by atoms with E-state index in [0.717, 1.165) is 4.90 Å². The van der Waals surface area contributed by atoms with Gasteiger partial charge in [-0.2, -0.15) is 13.2 Å². The maximum absolute atomic E-state index is 12.2. The Labute approximate surface area is 107 Å². The third kappa shape index (κ3) is 3.55. The van der Waals surface area contributed by atoms with E-state index in [2.05, 4.69) is 9.97 Å². The third-order valence-corrected chi connectivity index (χ3v) is 2.80. The van der Waals surface area contributed by atoms with Crippen molar-refractivity contribution in [3.63, 3.8) is 0 Å². The highest BCUT2D eigenvalue weighted by Crippen LogP contribution is 2.22. The summed E-state index contributed by atoms with van der Waals surface area (Å²) in [5.74, 6) is -1.45. The minimum atomic E-state index is -4.81. The van der Waals surface area contributed by atoms with Crippen molar-refractivity contribution in [3.8, 4) is 5.88 Å². The Morgan fingerprint density at radius 3 is 2.53 bits per heavy atom. The summed E-state index contributed by atoms with van der Waals surface area (Å²) in [6.45, 7) is 0.0620. The summed E-state index contributed by atoms with van der Waals surface area (Å²) in [6.07, 6.45) is 0.0477. The summed E-state index contributed by atoms with van der Waals surface area (Å²) in [5, 5.41) is 0. The first-order valence-corrected chi connectivity index (χ1v) is 5.75. The molecule has 1 aliphatic rings. The number of likely N-dealkylation sites (tertiary alicyclic amines) is 1. The molecule has 2 heterocycles. The van der Waals surface area contributed by atoms with Gasteiger partial charge in [-0.1, -0.05) is 0 Å². The number of carbonyl (C=O) groups is 1. The van der Waals surface area contributed by atoms with Gasteiger partial charge in [-0.05, 0) is 0 Å². The van der Waals surface area contributed by atoms with Gasteiger partial charge in [-0.25, -0.2) is 4.98 Å². The Kier molecular flexibility index (Phi) is 3.87. The molecule has 1 aromatic rings. The number of rotatable bonds is 2. The zero-order valence-corrected chi connectivity index (χ0v) is 9.93. The van der Waals surface area contributed by atoms with Gasteiger partial charge in [0.05, 0.1) is 6.20 Å². The highest BCUT2D eigenvalue weighted by atomic mass is 19.4. The zero-order valence-electron chi connectivity index (χ0n) is 9.93. The summed E-state index contributed by atoms with van der Waals surface area (Å²) >= 11 is 0. The van der Waals surface area contributed by atoms with Crippen LogP contribution >= 0.6 is 0 Å². The quantitative estimate of drug-likeness (QED) is 0.819. The topological polar surface area (TPSA) is 55.3 Å². The fourth-order valence-electron chi connectivity index (χ4n) is 1.87. The number of piperidine rings is 1. The van der Waals surface area contributed by atoms with Gasteiger partial charge in [0.2, 0.25) is 5.88 Å². The van der Waals surface area contributed by atoms with Crippen LogP contribution in [0.5, 0.6) is 5.88 Å². The van der Waals surface area contributed by atoms with E-state index in [1.807, 2.05) is 0 Å². The van der Waals surface area contributed by atoms with Crippen molar-refractivity contribution in [3.05, 3.63) is 18.6 Å². The van der Waals surface area contributed by atoms with Crippen LogP contribution in [0.15, 0.2) is 18.6 Å². The fraction of sp³-hybridized carbons (Fsp3) is 0.545. The number of hydrogen-bond donors (Lipinski definition) is 0. The van der Waals surface area contributed by atoms with E-state index >= 15 is 0 Å². The highest BCUT2D eigenvalue weighted by molar-refractivity contribution is 5.81. The standard InChI is InChI=1S/C11H12F3N3O2/c12-11(13,14)10(18)17-5-1-8(2-6-17)19-9-7-15-3-4-16-9/h3-4,7-8H,1-2,5-6H2. The second-order valence-electron chi connectivity index (χ2n) is 4.15. The van der Waals surface area contributed by atoms with Crippen molar-refractivity contribution in [2.24, 2.45) is 0 Å². The molecule has 0 saturated carbocycles. The predicted octanol–water partition coefficient (Wildman–Crippen LogP) is 1.41. The molecule has 0 bridgehead atoms. The molecule has 8 heteroatoms. The van der Waals surface area contributed by atoms with Gasteiger partial charge in [0.15, 0.2) is 0 Å². The monoisotopic (exact) mass is 275 g/mol. The van der Waals surface area contributed by atoms with Gasteiger partial charge in [-0.15, -0.1) is 0 Å². The van der Waals surface area contributed by atoms with Crippen LogP contribution in [0.4, 0.5) is 13.2 Å². The number of ether oxygens (including phenoxy) is 1. The van der Waals surface area contributed by atoms with Gasteiger partial charge >= 0.3 is 12.1 Å². The maximum atomic E-state index is 12.2. The van der Waals surface area contributed by atoms with Crippen molar-refractivity contribution in [1.82, 2.24) is 14.9 Å². The van der Waals surface area contributed by atoms with E-state index in [9.17, 15) is 18.0 Å². The minimum Gasteiger partial charge on any atom is -0.473 e. The molecular weight excluding hydrogens is 263 g/mol. The molecule has 0 radical (unpaired) electrons. The van der Waals surface area contributed by atoms with Crippen molar-refractivity contribution >= 4 is 5.91 Å². The fourth-order valence-corrected chi connectivity index (χ4v) is 1.87. The molecule has 1 fully saturated rings. The Morgan fingerprint density at radius 1 is 1.32 bits per heavy atom. The molecule has 5 nitrogen and oxygen atoms in total. The van der Waals surface area contributed by atoms with Crippen LogP contribution in [0.1, 0.15) is 12.8 Å². The lowest BCUT2D eigenvalue weighted by molar-refractivity contribution is -0.187. The number of nitrogens with zero attached hydrogens (tertiary/aromatic N) is 3. The van der Waals surface area contributed by atoms with Gasteiger partial charge in [0.1, 0.15) is 6.10 Å². The normalized spacial score (nSPS) is 17.3. The van der Waals surface area contributed by atoms with Crippen LogP contribution in [0, 0.1) is 0 Å². The van der Waals surface area contributed by atoms with E-state index in [4.69, 9.17) is 4.74 Å². The first kappa shape index (κ1) is 13.6. The smallest absolute Gasteiger partial charge is 0.471 e. The molecule has 2 rings (SSSR count). The molecule has 1 aliphatic heterocycles. The van der Waals surface area contributed by atoms with E-state index < -0.39 is 12.1 Å². The zero-order chi connectivity index (χ0) is 13.9. The van der Waals surface area contributed by atoms with Gasteiger partial charge in [-0.3, -0.25) is 9.78 Å². The van der Waals surface area contributed by atoms with E-state index in [1.54, 1.807) is 0 Å². The number of halogens is 3. The molecule has 0 atom stereocenters. The first-order valence-electron chi connectivity index (χ1n) is 5.75. The van der Waals surface area contributed by atoms with Crippen molar-refractivity contribution in [2.45, 2.75) is 25.1 Å². The molecule has 0 N–H and O–H groups in total. The Morgan fingerprint density at radius 2 is 2.00 bits per heavy atom. The van der Waals surface area contributed by atoms with Crippen LogP contribution in [0.3, 0.4) is 0 Å². The molecule has 0 unspecified atom stereocenters. The second kappa shape index (κ2) is 5.41. The molecule has 1 amide bonds. The largest absolute Gasteiger partial charge is 0.473 e. The van der Waals surface area contributed by atoms with Gasteiger partial charge in [0, 0.05) is 38.3 Å². The average molecular weight is 275 g/mol. The van der Waals surface area contributed by atoms with Crippen molar-refractivity contribution in [2.75, 3.05) is 13.1 Å². The molecule has 1 saturated heterocycles. The molecule has 1 aromatic heterocycles. The number of alkyl halides is 3. The molecule has 0 spiro atoms. The minimum absolute atomic E-state index is 0.0310. The molecule has 19 heavy (non-hydrogen) atoms. The maximum Gasteiger partial charge on any atom is 0.471 e. The number of amides is 1. The Balaban J connectivity index is 1.85. The predicted molar refractivity (Wildman–Crippen MR) is 58.3 cm³/mol. The van der Waals surface area contributed by atoms with Crippen LogP contribution in [-0.2, 0) is 4.79 Å².